The number of benzene rings is 3. The molecule has 0 amide bonds. The van der Waals surface area contributed by atoms with Crippen LogP contribution in [0.25, 0.3) is 21.9 Å². The summed E-state index contributed by atoms with van der Waals surface area (Å²) in [6.07, 6.45) is 0. The minimum absolute atomic E-state index is 0.703. The Labute approximate surface area is 140 Å². The standard InChI is InChI=1S/C18H11BrClNO/c19-15-9-11(20)5-7-16(15)21-12-6-8-18-14(10-12)13-3-1-2-4-17(13)22-18/h1-10,21H. The predicted octanol–water partition coefficient (Wildman–Crippen LogP) is 6.75. The minimum Gasteiger partial charge on any atom is -0.456 e. The molecule has 0 bridgehead atoms. The highest BCUT2D eigenvalue weighted by atomic mass is 79.9. The van der Waals surface area contributed by atoms with Crippen LogP contribution < -0.4 is 5.32 Å². The smallest absolute Gasteiger partial charge is 0.135 e. The van der Waals surface area contributed by atoms with E-state index >= 15 is 0 Å². The molecule has 2 nitrogen and oxygen atoms in total. The summed E-state index contributed by atoms with van der Waals surface area (Å²) >= 11 is 9.50. The van der Waals surface area contributed by atoms with Crippen LogP contribution in [0.15, 0.2) is 69.6 Å². The van der Waals surface area contributed by atoms with Gasteiger partial charge in [-0.05, 0) is 58.4 Å². The van der Waals surface area contributed by atoms with Crippen molar-refractivity contribution in [1.82, 2.24) is 0 Å². The zero-order valence-corrected chi connectivity index (χ0v) is 13.8. The topological polar surface area (TPSA) is 25.2 Å². The van der Waals surface area contributed by atoms with Crippen LogP contribution in [0.3, 0.4) is 0 Å². The summed E-state index contributed by atoms with van der Waals surface area (Å²) in [7, 11) is 0. The molecule has 0 unspecified atom stereocenters. The van der Waals surface area contributed by atoms with Crippen molar-refractivity contribution in [3.8, 4) is 0 Å². The summed E-state index contributed by atoms with van der Waals surface area (Å²) in [5, 5.41) is 6.33. The lowest BCUT2D eigenvalue weighted by Gasteiger charge is -2.09. The molecule has 1 heterocycles. The third-order valence-corrected chi connectivity index (χ3v) is 4.48. The van der Waals surface area contributed by atoms with Crippen molar-refractivity contribution in [3.63, 3.8) is 0 Å². The summed E-state index contributed by atoms with van der Waals surface area (Å²) in [5.41, 5.74) is 3.77. The van der Waals surface area contributed by atoms with Gasteiger partial charge in [-0.25, -0.2) is 0 Å². The van der Waals surface area contributed by atoms with Crippen molar-refractivity contribution in [3.05, 3.63) is 70.2 Å². The van der Waals surface area contributed by atoms with E-state index in [4.69, 9.17) is 16.0 Å². The first-order valence-electron chi connectivity index (χ1n) is 6.84. The molecule has 4 heteroatoms. The molecule has 4 rings (SSSR count). The lowest BCUT2D eigenvalue weighted by atomic mass is 10.1. The van der Waals surface area contributed by atoms with Gasteiger partial charge >= 0.3 is 0 Å². The van der Waals surface area contributed by atoms with Crippen molar-refractivity contribution < 1.29 is 4.42 Å². The van der Waals surface area contributed by atoms with Crippen LogP contribution in [0.4, 0.5) is 11.4 Å². The molecule has 1 N–H and O–H groups in total. The van der Waals surface area contributed by atoms with E-state index in [1.807, 2.05) is 48.5 Å². The van der Waals surface area contributed by atoms with E-state index in [9.17, 15) is 0 Å². The van der Waals surface area contributed by atoms with Gasteiger partial charge in [0.1, 0.15) is 11.2 Å². The van der Waals surface area contributed by atoms with Gasteiger partial charge in [0.15, 0.2) is 0 Å². The number of para-hydroxylation sites is 1. The van der Waals surface area contributed by atoms with Gasteiger partial charge < -0.3 is 9.73 Å². The molecule has 1 aromatic heterocycles. The molecule has 0 saturated heterocycles. The van der Waals surface area contributed by atoms with Gasteiger partial charge in [-0.3, -0.25) is 0 Å². The minimum atomic E-state index is 0.703. The fourth-order valence-electron chi connectivity index (χ4n) is 2.55. The highest BCUT2D eigenvalue weighted by molar-refractivity contribution is 9.10. The Kier molecular flexibility index (Phi) is 3.32. The van der Waals surface area contributed by atoms with E-state index in [1.54, 1.807) is 0 Å². The van der Waals surface area contributed by atoms with Crippen molar-refractivity contribution in [2.24, 2.45) is 0 Å². The van der Waals surface area contributed by atoms with E-state index in [1.165, 1.54) is 0 Å². The first kappa shape index (κ1) is 13.7. The Hall–Kier alpha value is -1.97. The van der Waals surface area contributed by atoms with Gasteiger partial charge in [0, 0.05) is 26.0 Å². The second kappa shape index (κ2) is 5.34. The lowest BCUT2D eigenvalue weighted by molar-refractivity contribution is 0.669. The SMILES string of the molecule is Clc1ccc(Nc2ccc3oc4ccccc4c3c2)c(Br)c1. The van der Waals surface area contributed by atoms with E-state index in [-0.39, 0.29) is 0 Å². The number of anilines is 2. The molecule has 0 aliphatic heterocycles. The molecule has 3 aromatic carbocycles. The molecular formula is C18H11BrClNO. The Bertz CT molecular complexity index is 993. The number of furan rings is 1. The van der Waals surface area contributed by atoms with Crippen molar-refractivity contribution >= 4 is 60.8 Å². The Morgan fingerprint density at radius 1 is 0.864 bits per heavy atom. The van der Waals surface area contributed by atoms with Crippen LogP contribution in [0.1, 0.15) is 0 Å². The van der Waals surface area contributed by atoms with Crippen LogP contribution in [0, 0.1) is 0 Å². The maximum absolute atomic E-state index is 5.98. The number of hydrogen-bond acceptors (Lipinski definition) is 2. The summed E-state index contributed by atoms with van der Waals surface area (Å²) in [5.74, 6) is 0. The number of halogens is 2. The summed E-state index contributed by atoms with van der Waals surface area (Å²) in [6.45, 7) is 0. The van der Waals surface area contributed by atoms with E-state index in [0.29, 0.717) is 5.02 Å². The van der Waals surface area contributed by atoms with Gasteiger partial charge in [-0.1, -0.05) is 29.8 Å². The summed E-state index contributed by atoms with van der Waals surface area (Å²) < 4.78 is 6.77. The maximum atomic E-state index is 5.98. The molecule has 0 radical (unpaired) electrons. The number of hydrogen-bond donors (Lipinski definition) is 1. The zero-order valence-electron chi connectivity index (χ0n) is 11.4. The molecule has 0 spiro atoms. The summed E-state index contributed by atoms with van der Waals surface area (Å²) in [4.78, 5) is 0. The Balaban J connectivity index is 1.80. The van der Waals surface area contributed by atoms with Crippen molar-refractivity contribution in [2.75, 3.05) is 5.32 Å². The molecule has 0 atom stereocenters. The van der Waals surface area contributed by atoms with Crippen LogP contribution >= 0.6 is 27.5 Å². The van der Waals surface area contributed by atoms with Crippen molar-refractivity contribution in [2.45, 2.75) is 0 Å². The molecule has 0 saturated carbocycles. The zero-order chi connectivity index (χ0) is 15.1. The molecule has 0 fully saturated rings. The second-order valence-corrected chi connectivity index (χ2v) is 6.35. The third-order valence-electron chi connectivity index (χ3n) is 3.59. The fourth-order valence-corrected chi connectivity index (χ4v) is 3.33. The largest absolute Gasteiger partial charge is 0.456 e. The molecule has 0 aliphatic rings. The third kappa shape index (κ3) is 2.36. The quantitative estimate of drug-likeness (QED) is 0.421. The molecule has 108 valence electrons. The fraction of sp³-hybridized carbons (Fsp3) is 0. The van der Waals surface area contributed by atoms with E-state index in [0.717, 1.165) is 37.8 Å². The first-order valence-corrected chi connectivity index (χ1v) is 8.01. The average Bonchev–Trinajstić information content (AvgIpc) is 2.88. The lowest BCUT2D eigenvalue weighted by Crippen LogP contribution is -1.90. The monoisotopic (exact) mass is 371 g/mol. The van der Waals surface area contributed by atoms with Gasteiger partial charge in [-0.15, -0.1) is 0 Å². The van der Waals surface area contributed by atoms with Gasteiger partial charge in [0.05, 0.1) is 5.69 Å². The number of fused-ring (bicyclic) bond motifs is 3. The molecular weight excluding hydrogens is 362 g/mol. The van der Waals surface area contributed by atoms with E-state index in [2.05, 4.69) is 33.4 Å². The predicted molar refractivity (Wildman–Crippen MR) is 96.2 cm³/mol. The number of rotatable bonds is 2. The highest BCUT2D eigenvalue weighted by Gasteiger charge is 2.08. The van der Waals surface area contributed by atoms with Crippen LogP contribution in [-0.4, -0.2) is 0 Å². The molecule has 0 aliphatic carbocycles. The normalized spacial score (nSPS) is 11.2. The second-order valence-electron chi connectivity index (χ2n) is 5.06. The Morgan fingerprint density at radius 2 is 1.68 bits per heavy atom. The van der Waals surface area contributed by atoms with Crippen LogP contribution in [-0.2, 0) is 0 Å². The van der Waals surface area contributed by atoms with Gasteiger partial charge in [-0.2, -0.15) is 0 Å². The molecule has 22 heavy (non-hydrogen) atoms. The van der Waals surface area contributed by atoms with Crippen LogP contribution in [0.2, 0.25) is 5.02 Å². The van der Waals surface area contributed by atoms with Crippen molar-refractivity contribution in [1.29, 1.82) is 0 Å². The van der Waals surface area contributed by atoms with Crippen LogP contribution in [0.5, 0.6) is 0 Å². The Morgan fingerprint density at radius 3 is 2.55 bits per heavy atom. The first-order chi connectivity index (χ1) is 10.7. The number of nitrogens with one attached hydrogen (secondary N) is 1. The maximum Gasteiger partial charge on any atom is 0.135 e. The van der Waals surface area contributed by atoms with E-state index < -0.39 is 0 Å². The van der Waals surface area contributed by atoms with Gasteiger partial charge in [0.2, 0.25) is 0 Å². The highest BCUT2D eigenvalue weighted by Crippen LogP contribution is 2.33. The van der Waals surface area contributed by atoms with Gasteiger partial charge in [0.25, 0.3) is 0 Å². The average molecular weight is 373 g/mol. The molecule has 4 aromatic rings. The summed E-state index contributed by atoms with van der Waals surface area (Å²) in [6, 6.07) is 19.8.